The van der Waals surface area contributed by atoms with Crippen LogP contribution in [-0.2, 0) is 26.8 Å². The number of hydrogen-bond donors (Lipinski definition) is 0. The van der Waals surface area contributed by atoms with Crippen molar-refractivity contribution in [2.75, 3.05) is 7.11 Å². The van der Waals surface area contributed by atoms with Crippen LogP contribution >= 0.6 is 31.7 Å². The van der Waals surface area contributed by atoms with E-state index in [9.17, 15) is 0 Å². The molecule has 93 heavy (non-hydrogen) atoms. The zero-order valence-electron chi connectivity index (χ0n) is 52.5. The van der Waals surface area contributed by atoms with Crippen LogP contribution in [0.1, 0.15) is 12.5 Å². The van der Waals surface area contributed by atoms with E-state index < -0.39 is 31.7 Å². The first-order chi connectivity index (χ1) is 45.6. The normalized spacial score (nSPS) is 10.4. The first-order valence-electron chi connectivity index (χ1n) is 31.2. The van der Waals surface area contributed by atoms with E-state index in [-0.39, 0.29) is 20.4 Å². The van der Waals surface area contributed by atoms with Crippen molar-refractivity contribution in [1.82, 2.24) is 0 Å². The van der Waals surface area contributed by atoms with Gasteiger partial charge in [-0.2, -0.15) is 0 Å². The van der Waals surface area contributed by atoms with Gasteiger partial charge in [0, 0.05) is 26.0 Å². The molecule has 14 aromatic carbocycles. The second-order valence-corrected chi connectivity index (χ2v) is 30.0. The molecule has 0 aliphatic heterocycles. The number of ether oxygens (including phenoxy) is 1. The van der Waals surface area contributed by atoms with E-state index in [2.05, 4.69) is 395 Å². The average molecular weight is 1370 g/mol. The van der Waals surface area contributed by atoms with Crippen LogP contribution in [0.2, 0.25) is 0 Å². The Morgan fingerprint density at radius 2 is 0.376 bits per heavy atom. The average Bonchev–Trinajstić information content (AvgIpc) is 2.36. The minimum absolute atomic E-state index is 0. The largest absolute Gasteiger partial charge is 0.496 e. The van der Waals surface area contributed by atoms with Crippen molar-refractivity contribution >= 4 is 95.3 Å². The number of rotatable bonds is 15. The van der Waals surface area contributed by atoms with Crippen LogP contribution in [-0.4, -0.2) is 7.11 Å². The molecule has 0 unspecified atom stereocenters. The molecule has 0 amide bonds. The molecule has 0 aliphatic rings. The second kappa shape index (κ2) is 38.3. The van der Waals surface area contributed by atoms with Gasteiger partial charge in [-0.25, -0.2) is 0 Å². The summed E-state index contributed by atoms with van der Waals surface area (Å²) in [7, 11) is -0.0683. The van der Waals surface area contributed by atoms with Crippen LogP contribution in [0.15, 0.2) is 413 Å². The van der Waals surface area contributed by atoms with Gasteiger partial charge in [-0.1, -0.05) is 407 Å². The Kier molecular flexibility index (Phi) is 28.3. The van der Waals surface area contributed by atoms with Gasteiger partial charge in [0.25, 0.3) is 0 Å². The fourth-order valence-electron chi connectivity index (χ4n) is 10.5. The van der Waals surface area contributed by atoms with Gasteiger partial charge in [-0.05, 0) is 125 Å². The summed E-state index contributed by atoms with van der Waals surface area (Å²) in [5.41, 5.74) is 3.71. The zero-order valence-corrected chi connectivity index (χ0v) is 57.6. The fraction of sp³-hybridized carbons (Fsp3) is 0.0345. The number of aryl methyl sites for hydroxylation is 1. The van der Waals surface area contributed by atoms with Gasteiger partial charge < -0.3 is 4.74 Å². The molecular formula is C87H76OP4Pd. The molecule has 0 heterocycles. The number of methoxy groups -OCH3 is 1. The molecule has 14 rings (SSSR count). The molecule has 0 fully saturated rings. The van der Waals surface area contributed by atoms with Gasteiger partial charge in [-0.15, -0.1) is 0 Å². The SMILES string of the molecule is CCc1ccc(OC)c(-c2ccccc2)c1.[Pd].c1ccc(P(c2ccccc2)c2ccccc2)cc1.c1ccc(P(c2ccccc2)c2ccccc2)cc1.c1ccc(P(c2ccccc2)c2ccccc2)cc1.c1ccc(P(c2ccccc2)c2ccccc2)cc1. The third-order valence-electron chi connectivity index (χ3n) is 14.9. The molecule has 0 saturated heterocycles. The summed E-state index contributed by atoms with van der Waals surface area (Å²) in [6.07, 6.45) is 1.05. The minimum atomic E-state index is -0.446. The molecule has 0 atom stereocenters. The molecule has 460 valence electrons. The Hall–Kier alpha value is -8.74. The second-order valence-electron chi connectivity index (χ2n) is 21.1. The van der Waals surface area contributed by atoms with Crippen LogP contribution in [0, 0.1) is 0 Å². The zero-order chi connectivity index (χ0) is 63.0. The molecule has 1 nitrogen and oxygen atoms in total. The third-order valence-corrected chi connectivity index (χ3v) is 24.7. The van der Waals surface area contributed by atoms with Crippen molar-refractivity contribution in [3.63, 3.8) is 0 Å². The number of benzene rings is 14. The monoisotopic (exact) mass is 1370 g/mol. The van der Waals surface area contributed by atoms with E-state index in [1.165, 1.54) is 80.3 Å². The Bertz CT molecular complexity index is 3400. The standard InChI is InChI=1S/4C18H15P.C15H16O.Pd/c4*1-4-10-16(11-5-1)19(17-12-6-2-7-13-17)18-14-8-3-9-15-18;1-3-12-9-10-15(16-2)14(11-12)13-7-5-4-6-8-13;/h4*1-15H;4-11H,3H2,1-2H3;. The maximum absolute atomic E-state index is 5.40. The van der Waals surface area contributed by atoms with Gasteiger partial charge in [-0.3, -0.25) is 0 Å². The molecule has 6 heteroatoms. The maximum Gasteiger partial charge on any atom is 0.126 e. The topological polar surface area (TPSA) is 9.23 Å². The van der Waals surface area contributed by atoms with E-state index in [1.807, 2.05) is 24.3 Å². The predicted octanol–water partition coefficient (Wildman–Crippen LogP) is 17.7. The third kappa shape index (κ3) is 20.4. The van der Waals surface area contributed by atoms with Crippen molar-refractivity contribution in [2.45, 2.75) is 13.3 Å². The fourth-order valence-corrected chi connectivity index (χ4v) is 19.8. The minimum Gasteiger partial charge on any atom is -0.496 e. The maximum atomic E-state index is 5.40. The Morgan fingerprint density at radius 3 is 0.527 bits per heavy atom. The summed E-state index contributed by atoms with van der Waals surface area (Å²) in [5, 5.41) is 16.8. The first kappa shape index (κ1) is 68.6. The van der Waals surface area contributed by atoms with Crippen molar-refractivity contribution in [1.29, 1.82) is 0 Å². The van der Waals surface area contributed by atoms with Crippen molar-refractivity contribution in [3.8, 4) is 16.9 Å². The van der Waals surface area contributed by atoms with Gasteiger partial charge in [0.15, 0.2) is 0 Å². The van der Waals surface area contributed by atoms with Crippen LogP contribution in [0.25, 0.3) is 11.1 Å². The molecule has 0 bridgehead atoms. The summed E-state index contributed by atoms with van der Waals surface area (Å²) < 4.78 is 5.40. The summed E-state index contributed by atoms with van der Waals surface area (Å²) in [4.78, 5) is 0. The van der Waals surface area contributed by atoms with E-state index in [1.54, 1.807) is 7.11 Å². The summed E-state index contributed by atoms with van der Waals surface area (Å²) in [6.45, 7) is 2.16. The molecular weight excluding hydrogens is 1290 g/mol. The van der Waals surface area contributed by atoms with Crippen LogP contribution in [0.4, 0.5) is 0 Å². The summed E-state index contributed by atoms with van der Waals surface area (Å²) >= 11 is 0. The number of hydrogen-bond acceptors (Lipinski definition) is 1. The van der Waals surface area contributed by atoms with E-state index in [4.69, 9.17) is 4.74 Å². The molecule has 0 aromatic heterocycles. The molecule has 0 spiro atoms. The molecule has 0 N–H and O–H groups in total. The van der Waals surface area contributed by atoms with Crippen molar-refractivity contribution in [3.05, 3.63) is 418 Å². The Morgan fingerprint density at radius 1 is 0.215 bits per heavy atom. The van der Waals surface area contributed by atoms with E-state index in [0.717, 1.165) is 12.2 Å². The molecule has 0 radical (unpaired) electrons. The quantitative estimate of drug-likeness (QED) is 0.0734. The Balaban J connectivity index is 0.000000137. The summed E-state index contributed by atoms with van der Waals surface area (Å²) in [6, 6.07) is 146. The van der Waals surface area contributed by atoms with Crippen LogP contribution < -0.4 is 68.4 Å². The van der Waals surface area contributed by atoms with Crippen LogP contribution in [0.3, 0.4) is 0 Å². The van der Waals surface area contributed by atoms with Crippen molar-refractivity contribution < 1.29 is 25.2 Å². The van der Waals surface area contributed by atoms with Crippen LogP contribution in [0.5, 0.6) is 5.75 Å². The molecule has 14 aromatic rings. The first-order valence-corrected chi connectivity index (χ1v) is 36.5. The smallest absolute Gasteiger partial charge is 0.126 e. The van der Waals surface area contributed by atoms with Gasteiger partial charge in [0.1, 0.15) is 5.75 Å². The summed E-state index contributed by atoms with van der Waals surface area (Å²) in [5.74, 6) is 0.934. The van der Waals surface area contributed by atoms with Gasteiger partial charge in [0.05, 0.1) is 7.11 Å². The predicted molar refractivity (Wildman–Crippen MR) is 408 cm³/mol. The van der Waals surface area contributed by atoms with Crippen molar-refractivity contribution in [2.24, 2.45) is 0 Å². The molecule has 0 saturated carbocycles. The Labute approximate surface area is 571 Å². The van der Waals surface area contributed by atoms with E-state index in [0.29, 0.717) is 0 Å². The van der Waals surface area contributed by atoms with Gasteiger partial charge >= 0.3 is 0 Å². The molecule has 0 aliphatic carbocycles. The van der Waals surface area contributed by atoms with Gasteiger partial charge in [0.2, 0.25) is 0 Å². The van der Waals surface area contributed by atoms with E-state index >= 15 is 0 Å².